The van der Waals surface area contributed by atoms with Gasteiger partial charge in [-0.2, -0.15) is 0 Å². The van der Waals surface area contributed by atoms with E-state index in [1.807, 2.05) is 12.1 Å². The number of hydrogen-bond donors (Lipinski definition) is 0. The van der Waals surface area contributed by atoms with Crippen molar-refractivity contribution in [1.82, 2.24) is 0 Å². The van der Waals surface area contributed by atoms with Crippen molar-refractivity contribution in [2.45, 2.75) is 13.3 Å². The highest BCUT2D eigenvalue weighted by Crippen LogP contribution is 2.17. The topological polar surface area (TPSA) is 17.1 Å². The minimum atomic E-state index is 0.135. The van der Waals surface area contributed by atoms with Crippen LogP contribution in [-0.2, 0) is 6.42 Å². The second-order valence-corrected chi connectivity index (χ2v) is 3.81. The molecule has 0 aromatic carbocycles. The minimum absolute atomic E-state index is 0.135. The first-order chi connectivity index (χ1) is 5.24. The molecule has 0 amide bonds. The molecular formula is C8H9ClOS. The molecule has 0 N–H and O–H groups in total. The monoisotopic (exact) mass is 188 g/mol. The van der Waals surface area contributed by atoms with Gasteiger partial charge in [0.25, 0.3) is 0 Å². The predicted molar refractivity (Wildman–Crippen MR) is 48.7 cm³/mol. The zero-order chi connectivity index (χ0) is 8.27. The van der Waals surface area contributed by atoms with Gasteiger partial charge in [-0.3, -0.25) is 4.79 Å². The summed E-state index contributed by atoms with van der Waals surface area (Å²) in [6, 6.07) is 3.82. The molecule has 0 saturated heterocycles. The summed E-state index contributed by atoms with van der Waals surface area (Å²) >= 11 is 7.08. The summed E-state index contributed by atoms with van der Waals surface area (Å²) in [7, 11) is 0. The minimum Gasteiger partial charge on any atom is -0.294 e. The van der Waals surface area contributed by atoms with Gasteiger partial charge in [0.15, 0.2) is 5.78 Å². The molecule has 0 aliphatic rings. The van der Waals surface area contributed by atoms with Gasteiger partial charge in [-0.05, 0) is 25.5 Å². The number of Topliss-reactive ketones (excluding diaryl/α,β-unsaturated/α-hetero) is 1. The third-order valence-electron chi connectivity index (χ3n) is 1.35. The quantitative estimate of drug-likeness (QED) is 0.527. The summed E-state index contributed by atoms with van der Waals surface area (Å²) in [6.45, 7) is 1.58. The lowest BCUT2D eigenvalue weighted by Gasteiger charge is -1.87. The molecule has 0 radical (unpaired) electrons. The van der Waals surface area contributed by atoms with Crippen molar-refractivity contribution in [2.24, 2.45) is 0 Å². The maximum atomic E-state index is 10.8. The van der Waals surface area contributed by atoms with Gasteiger partial charge in [-0.1, -0.05) is 0 Å². The van der Waals surface area contributed by atoms with Gasteiger partial charge in [0.1, 0.15) is 0 Å². The maximum Gasteiger partial charge on any atom is 0.169 e. The molecule has 0 aliphatic heterocycles. The fourth-order valence-electron chi connectivity index (χ4n) is 0.795. The van der Waals surface area contributed by atoms with Gasteiger partial charge in [-0.15, -0.1) is 22.9 Å². The number of carbonyl (C=O) groups excluding carboxylic acids is 1. The van der Waals surface area contributed by atoms with E-state index in [-0.39, 0.29) is 5.78 Å². The molecule has 1 heterocycles. The lowest BCUT2D eigenvalue weighted by molar-refractivity contribution is 0.102. The standard InChI is InChI=1S/C8H9ClOS/c1-6(10)8-3-2-7(11-8)4-5-9/h2-3H,4-5H2,1H3. The molecule has 1 nitrogen and oxygen atoms in total. The van der Waals surface area contributed by atoms with E-state index in [9.17, 15) is 4.79 Å². The van der Waals surface area contributed by atoms with E-state index in [2.05, 4.69) is 0 Å². The van der Waals surface area contributed by atoms with E-state index in [4.69, 9.17) is 11.6 Å². The van der Waals surface area contributed by atoms with Crippen molar-refractivity contribution in [1.29, 1.82) is 0 Å². The van der Waals surface area contributed by atoms with Gasteiger partial charge in [0.2, 0.25) is 0 Å². The predicted octanol–water partition coefficient (Wildman–Crippen LogP) is 2.73. The van der Waals surface area contributed by atoms with Crippen molar-refractivity contribution in [3.63, 3.8) is 0 Å². The second-order valence-electron chi connectivity index (χ2n) is 2.26. The van der Waals surface area contributed by atoms with Crippen LogP contribution in [0.1, 0.15) is 21.5 Å². The molecule has 60 valence electrons. The van der Waals surface area contributed by atoms with Crippen molar-refractivity contribution in [2.75, 3.05) is 5.88 Å². The zero-order valence-electron chi connectivity index (χ0n) is 6.26. The van der Waals surface area contributed by atoms with E-state index in [0.29, 0.717) is 5.88 Å². The summed E-state index contributed by atoms with van der Waals surface area (Å²) in [6.07, 6.45) is 0.861. The third-order valence-corrected chi connectivity index (χ3v) is 2.78. The first kappa shape index (κ1) is 8.75. The van der Waals surface area contributed by atoms with Crippen molar-refractivity contribution >= 4 is 28.7 Å². The molecule has 0 spiro atoms. The molecule has 11 heavy (non-hydrogen) atoms. The summed E-state index contributed by atoms with van der Waals surface area (Å²) in [5.74, 6) is 0.758. The number of thiophene rings is 1. The van der Waals surface area contributed by atoms with Crippen LogP contribution in [0, 0.1) is 0 Å². The molecule has 0 fully saturated rings. The van der Waals surface area contributed by atoms with Crippen LogP contribution in [0.25, 0.3) is 0 Å². The van der Waals surface area contributed by atoms with Crippen LogP contribution in [0.5, 0.6) is 0 Å². The Labute approximate surface area is 75.0 Å². The SMILES string of the molecule is CC(=O)c1ccc(CCCl)s1. The van der Waals surface area contributed by atoms with Crippen LogP contribution in [0.15, 0.2) is 12.1 Å². The summed E-state index contributed by atoms with van der Waals surface area (Å²) < 4.78 is 0. The molecule has 0 unspecified atom stereocenters. The lowest BCUT2D eigenvalue weighted by Crippen LogP contribution is -1.83. The Morgan fingerprint density at radius 2 is 2.36 bits per heavy atom. The molecule has 3 heteroatoms. The Bertz CT molecular complexity index is 254. The molecule has 1 aromatic heterocycles. The van der Waals surface area contributed by atoms with E-state index in [1.54, 1.807) is 6.92 Å². The lowest BCUT2D eigenvalue weighted by atomic mass is 10.3. The van der Waals surface area contributed by atoms with E-state index in [0.717, 1.165) is 11.3 Å². The molecule has 0 aliphatic carbocycles. The van der Waals surface area contributed by atoms with E-state index >= 15 is 0 Å². The summed E-state index contributed by atoms with van der Waals surface area (Å²) in [5, 5.41) is 0. The summed E-state index contributed by atoms with van der Waals surface area (Å²) in [4.78, 5) is 12.8. The molecular weight excluding hydrogens is 180 g/mol. The first-order valence-corrected chi connectivity index (χ1v) is 4.74. The van der Waals surface area contributed by atoms with Crippen LogP contribution >= 0.6 is 22.9 Å². The Morgan fingerprint density at radius 1 is 1.64 bits per heavy atom. The van der Waals surface area contributed by atoms with Crippen LogP contribution in [0.4, 0.5) is 0 Å². The number of rotatable bonds is 3. The van der Waals surface area contributed by atoms with Crippen molar-refractivity contribution in [3.05, 3.63) is 21.9 Å². The number of hydrogen-bond acceptors (Lipinski definition) is 2. The Kier molecular flexibility index (Phi) is 3.09. The summed E-state index contributed by atoms with van der Waals surface area (Å²) in [5.41, 5.74) is 0. The number of halogens is 1. The number of alkyl halides is 1. The van der Waals surface area contributed by atoms with Gasteiger partial charge >= 0.3 is 0 Å². The largest absolute Gasteiger partial charge is 0.294 e. The van der Waals surface area contributed by atoms with Gasteiger partial charge in [0, 0.05) is 10.8 Å². The van der Waals surface area contributed by atoms with Crippen LogP contribution in [0.2, 0.25) is 0 Å². The van der Waals surface area contributed by atoms with Gasteiger partial charge in [0.05, 0.1) is 4.88 Å². The highest BCUT2D eigenvalue weighted by molar-refractivity contribution is 7.14. The molecule has 0 saturated carbocycles. The second kappa shape index (κ2) is 3.88. The molecule has 1 aromatic rings. The number of aryl methyl sites for hydroxylation is 1. The average Bonchev–Trinajstić information content (AvgIpc) is 2.37. The van der Waals surface area contributed by atoms with Gasteiger partial charge in [-0.25, -0.2) is 0 Å². The van der Waals surface area contributed by atoms with E-state index < -0.39 is 0 Å². The van der Waals surface area contributed by atoms with Crippen molar-refractivity contribution < 1.29 is 4.79 Å². The first-order valence-electron chi connectivity index (χ1n) is 3.39. The highest BCUT2D eigenvalue weighted by Gasteiger charge is 2.02. The third kappa shape index (κ3) is 2.31. The smallest absolute Gasteiger partial charge is 0.169 e. The highest BCUT2D eigenvalue weighted by atomic mass is 35.5. The number of carbonyl (C=O) groups is 1. The molecule has 0 atom stereocenters. The van der Waals surface area contributed by atoms with Crippen LogP contribution in [0.3, 0.4) is 0 Å². The fraction of sp³-hybridized carbons (Fsp3) is 0.375. The Balaban J connectivity index is 2.73. The van der Waals surface area contributed by atoms with Crippen LogP contribution < -0.4 is 0 Å². The van der Waals surface area contributed by atoms with Crippen LogP contribution in [-0.4, -0.2) is 11.7 Å². The Hall–Kier alpha value is -0.340. The normalized spacial score (nSPS) is 10.0. The van der Waals surface area contributed by atoms with Gasteiger partial charge < -0.3 is 0 Å². The average molecular weight is 189 g/mol. The number of ketones is 1. The van der Waals surface area contributed by atoms with Crippen molar-refractivity contribution in [3.8, 4) is 0 Å². The maximum absolute atomic E-state index is 10.8. The molecule has 1 rings (SSSR count). The zero-order valence-corrected chi connectivity index (χ0v) is 7.84. The Morgan fingerprint density at radius 3 is 2.82 bits per heavy atom. The molecule has 0 bridgehead atoms. The fourth-order valence-corrected chi connectivity index (χ4v) is 2.01. The van der Waals surface area contributed by atoms with E-state index in [1.165, 1.54) is 16.2 Å².